The van der Waals surface area contributed by atoms with E-state index in [0.717, 1.165) is 56.3 Å². The van der Waals surface area contributed by atoms with Crippen molar-refractivity contribution in [1.82, 2.24) is 58.5 Å². The van der Waals surface area contributed by atoms with Gasteiger partial charge in [0.05, 0.1) is 24.3 Å². The van der Waals surface area contributed by atoms with Crippen LogP contribution in [0.1, 0.15) is 164 Å². The van der Waals surface area contributed by atoms with Crippen molar-refractivity contribution in [3.8, 4) is 23.4 Å². The molecule has 2 aliphatic heterocycles. The van der Waals surface area contributed by atoms with Crippen LogP contribution in [0.4, 0.5) is 5.82 Å². The lowest BCUT2D eigenvalue weighted by Crippen LogP contribution is -2.41. The first-order valence-corrected chi connectivity index (χ1v) is 31.7. The van der Waals surface area contributed by atoms with E-state index in [-0.39, 0.29) is 31.9 Å². The predicted molar refractivity (Wildman–Crippen MR) is 305 cm³/mol. The van der Waals surface area contributed by atoms with Crippen LogP contribution in [0.2, 0.25) is 5.15 Å². The molecule has 0 spiro atoms. The average Bonchev–Trinajstić information content (AvgIpc) is 3.96. The van der Waals surface area contributed by atoms with E-state index in [1.807, 2.05) is 13.8 Å². The number of aryl methyl sites for hydroxylation is 4. The lowest BCUT2D eigenvalue weighted by Gasteiger charge is -2.34. The Labute approximate surface area is 480 Å². The molecule has 4 fully saturated rings. The highest BCUT2D eigenvalue weighted by Crippen LogP contribution is 2.49. The van der Waals surface area contributed by atoms with Crippen LogP contribution in [-0.2, 0) is 33.1 Å². The van der Waals surface area contributed by atoms with Crippen LogP contribution in [-0.4, -0.2) is 103 Å². The van der Waals surface area contributed by atoms with Gasteiger partial charge in [-0.25, -0.2) is 28.8 Å². The summed E-state index contributed by atoms with van der Waals surface area (Å²) in [6.07, 6.45) is 18.9. The fraction of sp³-hybridized carbons (Fsp3) is 0.579. The smallest absolute Gasteiger partial charge is 0.283 e. The van der Waals surface area contributed by atoms with Gasteiger partial charge in [-0.3, -0.25) is 19.0 Å². The first-order valence-electron chi connectivity index (χ1n) is 28.3. The van der Waals surface area contributed by atoms with Gasteiger partial charge >= 0.3 is 0 Å². The number of halogens is 1. The number of hydrogen-bond acceptors (Lipinski definition) is 15. The van der Waals surface area contributed by atoms with Crippen LogP contribution in [0.5, 0.6) is 11.8 Å². The number of aromatic nitrogens is 10. The van der Waals surface area contributed by atoms with E-state index in [0.29, 0.717) is 90.1 Å². The monoisotopic (exact) mass is 1170 g/mol. The van der Waals surface area contributed by atoms with Crippen molar-refractivity contribution in [3.63, 3.8) is 0 Å². The van der Waals surface area contributed by atoms with Crippen LogP contribution in [0.25, 0.3) is 11.6 Å². The van der Waals surface area contributed by atoms with Crippen molar-refractivity contribution in [1.29, 1.82) is 0 Å². The molecular formula is C57H76ClN13O8S2. The van der Waals surface area contributed by atoms with Gasteiger partial charge < -0.3 is 14.4 Å². The molecule has 24 heteroatoms. The highest BCUT2D eigenvalue weighted by Gasteiger charge is 2.42. The first kappa shape index (κ1) is 57.9. The van der Waals surface area contributed by atoms with Gasteiger partial charge in [0.2, 0.25) is 11.8 Å². The minimum absolute atomic E-state index is 0.0732. The van der Waals surface area contributed by atoms with Crippen molar-refractivity contribution in [2.45, 2.75) is 174 Å². The molecule has 6 aromatic rings. The standard InChI is InChI=1S/C29H39ClN6O4S.C28H37N7O4S/c1-20-18-25(33-35(20)15-5-6-21-9-11-28(2,3)19-21)41(38,39)34-27(37)22-7-8-23(31-26(22)30)36-16-10-24(32-36)40-17-14-29(4)12-13-29;1-19-16-24-31-34(19)13-5-6-20-17-27(2,3)33(18-20)25-21(26(36)32-40(24,37)38)7-8-22(29-25)35-14-9-23(30-35)39-15-12-28(4)10-11-28/h7-8,10,16,18,21H,5-6,9,11-15,17,19H2,1-4H3,(H,34,37);7-9,14,16,20H,5-6,10-13,15,17-18H2,1-4H3,(H,32,36). The van der Waals surface area contributed by atoms with Gasteiger partial charge in [-0.1, -0.05) is 39.3 Å². The number of sulfonamides is 2. The second kappa shape index (κ2) is 22.4. The van der Waals surface area contributed by atoms with Crippen LogP contribution in [0, 0.1) is 41.9 Å². The molecule has 3 saturated carbocycles. The number of amides is 2. The van der Waals surface area contributed by atoms with Gasteiger partial charge in [0, 0.05) is 73.2 Å². The minimum atomic E-state index is -4.21. The van der Waals surface area contributed by atoms with Crippen molar-refractivity contribution in [2.75, 3.05) is 24.7 Å². The molecule has 11 rings (SSSR count). The van der Waals surface area contributed by atoms with Crippen molar-refractivity contribution >= 4 is 49.3 Å². The number of carbonyl (C=O) groups is 2. The summed E-state index contributed by atoms with van der Waals surface area (Å²) in [5, 5.41) is 17.0. The minimum Gasteiger partial charge on any atom is -0.477 e. The summed E-state index contributed by atoms with van der Waals surface area (Å²) in [5.74, 6) is 1.80. The number of ether oxygens (including phenoxy) is 2. The molecule has 6 aromatic heterocycles. The summed E-state index contributed by atoms with van der Waals surface area (Å²) >= 11 is 6.30. The van der Waals surface area contributed by atoms with E-state index in [1.54, 1.807) is 56.8 Å². The van der Waals surface area contributed by atoms with Gasteiger partial charge in [-0.2, -0.15) is 27.0 Å². The summed E-state index contributed by atoms with van der Waals surface area (Å²) in [4.78, 5) is 37.7. The zero-order valence-corrected chi connectivity index (χ0v) is 50.1. The number of rotatable bonds is 17. The lowest BCUT2D eigenvalue weighted by atomic mass is 9.89. The summed E-state index contributed by atoms with van der Waals surface area (Å²) < 4.78 is 74.7. The third-order valence-electron chi connectivity index (χ3n) is 17.1. The Balaban J connectivity index is 0.000000182. The van der Waals surface area contributed by atoms with E-state index in [2.05, 4.69) is 81.3 Å². The molecule has 5 aliphatic rings. The molecule has 2 atom stereocenters. The second-order valence-corrected chi connectivity index (χ2v) is 28.8. The number of hydrogen-bond donors (Lipinski definition) is 2. The van der Waals surface area contributed by atoms with Gasteiger partial charge in [0.1, 0.15) is 11.0 Å². The third-order valence-corrected chi connectivity index (χ3v) is 19.8. The largest absolute Gasteiger partial charge is 0.477 e. The van der Waals surface area contributed by atoms with Gasteiger partial charge in [0.25, 0.3) is 31.9 Å². The van der Waals surface area contributed by atoms with Crippen LogP contribution in [0.3, 0.4) is 0 Å². The van der Waals surface area contributed by atoms with Crippen LogP contribution >= 0.6 is 11.6 Å². The molecule has 0 radical (unpaired) electrons. The Bertz CT molecular complexity index is 3540. The zero-order valence-electron chi connectivity index (χ0n) is 47.7. The summed E-state index contributed by atoms with van der Waals surface area (Å²) in [5.41, 5.74) is 2.51. The van der Waals surface area contributed by atoms with E-state index in [4.69, 9.17) is 26.1 Å². The third kappa shape index (κ3) is 13.8. The maximum Gasteiger partial charge on any atom is 0.283 e. The molecule has 4 bridgehead atoms. The van der Waals surface area contributed by atoms with E-state index in [9.17, 15) is 26.4 Å². The number of nitrogens with one attached hydrogen (secondary N) is 2. The van der Waals surface area contributed by atoms with Gasteiger partial charge in [0.15, 0.2) is 21.7 Å². The number of anilines is 1. The zero-order chi connectivity index (χ0) is 57.7. The SMILES string of the molecule is Cc1cc(S(=O)(=O)NC(=O)c2ccc(-n3ccc(OCCC4(C)CC4)n3)nc2Cl)nn1CCCC1CCC(C)(C)C1.Cc1cc2nn1CCCC1CN(c3nc(-n4ccc(OCCC5(C)CC5)n4)ccc3C(=O)NS2(=O)=O)C(C)(C)C1. The summed E-state index contributed by atoms with van der Waals surface area (Å²) in [7, 11) is -8.38. The Hall–Kier alpha value is -6.33. The number of nitrogens with zero attached hydrogens (tertiary/aromatic N) is 11. The molecule has 2 unspecified atom stereocenters. The molecule has 2 N–H and O–H groups in total. The summed E-state index contributed by atoms with van der Waals surface area (Å²) in [6.45, 7) is 20.2. The molecule has 1 saturated heterocycles. The molecular weight excluding hydrogens is 1090 g/mol. The highest BCUT2D eigenvalue weighted by atomic mass is 35.5. The molecule has 2 amide bonds. The molecule has 3 aliphatic carbocycles. The fourth-order valence-corrected chi connectivity index (χ4v) is 13.6. The normalized spacial score (nSPS) is 21.0. The van der Waals surface area contributed by atoms with E-state index >= 15 is 0 Å². The Kier molecular flexibility index (Phi) is 16.0. The van der Waals surface area contributed by atoms with Crippen molar-refractivity contribution in [3.05, 3.63) is 88.6 Å². The molecule has 8 heterocycles. The van der Waals surface area contributed by atoms with Crippen molar-refractivity contribution in [2.24, 2.45) is 28.1 Å². The van der Waals surface area contributed by atoms with Gasteiger partial charge in [-0.15, -0.1) is 10.2 Å². The second-order valence-electron chi connectivity index (χ2n) is 25.2. The molecule has 436 valence electrons. The fourth-order valence-electron chi connectivity index (χ4n) is 11.4. The molecule has 0 aromatic carbocycles. The van der Waals surface area contributed by atoms with Gasteiger partial charge in [-0.05, 0) is 170 Å². The first-order chi connectivity index (χ1) is 38.2. The van der Waals surface area contributed by atoms with Crippen molar-refractivity contribution < 1.29 is 35.9 Å². The Morgan fingerprint density at radius 1 is 0.802 bits per heavy atom. The quantitative estimate of drug-likeness (QED) is 0.0807. The Morgan fingerprint density at radius 3 is 2.06 bits per heavy atom. The molecule has 81 heavy (non-hydrogen) atoms. The maximum absolute atomic E-state index is 13.5. The van der Waals surface area contributed by atoms with Crippen LogP contribution in [0.15, 0.2) is 71.0 Å². The average molecular weight is 1170 g/mol. The topological polar surface area (TPSA) is 245 Å². The highest BCUT2D eigenvalue weighted by molar-refractivity contribution is 7.90. The number of pyridine rings is 2. The molecule has 21 nitrogen and oxygen atoms in total. The number of carbonyl (C=O) groups excluding carboxylic acids is 2. The number of fused-ring (bicyclic) bond motifs is 6. The van der Waals surface area contributed by atoms with Crippen LogP contribution < -0.4 is 23.8 Å². The Morgan fingerprint density at radius 2 is 1.44 bits per heavy atom. The predicted octanol–water partition coefficient (Wildman–Crippen LogP) is 9.58. The summed E-state index contributed by atoms with van der Waals surface area (Å²) in [6, 6.07) is 12.8. The van der Waals surface area contributed by atoms with E-state index < -0.39 is 31.9 Å². The van der Waals surface area contributed by atoms with E-state index in [1.165, 1.54) is 67.8 Å². The maximum atomic E-state index is 13.5. The lowest BCUT2D eigenvalue weighted by molar-refractivity contribution is 0.0972.